The van der Waals surface area contributed by atoms with Crippen molar-refractivity contribution in [3.63, 3.8) is 0 Å². The van der Waals surface area contributed by atoms with Crippen LogP contribution in [0.1, 0.15) is 25.0 Å². The van der Waals surface area contributed by atoms with E-state index in [9.17, 15) is 0 Å². The molecule has 0 spiro atoms. The summed E-state index contributed by atoms with van der Waals surface area (Å²) in [6.07, 6.45) is 1.97. The maximum absolute atomic E-state index is 2.68. The lowest BCUT2D eigenvalue weighted by atomic mass is 9.39. The van der Waals surface area contributed by atoms with Crippen molar-refractivity contribution in [2.24, 2.45) is 0 Å². The fourth-order valence-corrected chi connectivity index (χ4v) is 14.8. The summed E-state index contributed by atoms with van der Waals surface area (Å²) in [4.78, 5) is 5.37. The van der Waals surface area contributed by atoms with Gasteiger partial charge in [0.15, 0.2) is 0 Å². The van der Waals surface area contributed by atoms with Crippen molar-refractivity contribution in [2.45, 2.75) is 26.7 Å². The summed E-state index contributed by atoms with van der Waals surface area (Å²) in [7, 11) is 0. The smallest absolute Gasteiger partial charge is 0.277 e. The van der Waals surface area contributed by atoms with Crippen molar-refractivity contribution < 1.29 is 0 Å². The minimum atomic E-state index is 0.0498. The molecular weight excluding hydrogens is 848 g/mol. The second-order valence-corrected chi connectivity index (χ2v) is 20.6. The van der Waals surface area contributed by atoms with Gasteiger partial charge in [0.05, 0.1) is 22.7 Å². The van der Waals surface area contributed by atoms with E-state index >= 15 is 0 Å². The number of nitrogens with zero attached hydrogens (tertiary/aromatic N) is 2. The van der Waals surface area contributed by atoms with Crippen LogP contribution in [0.5, 0.6) is 0 Å². The van der Waals surface area contributed by atoms with Crippen LogP contribution in [-0.4, -0.2) is 6.71 Å². The number of rotatable bonds is 4. The second kappa shape index (κ2) is 14.0. The molecule has 314 valence electrons. The molecule has 0 saturated carbocycles. The van der Waals surface area contributed by atoms with Gasteiger partial charge in [0.2, 0.25) is 0 Å². The van der Waals surface area contributed by atoms with Crippen molar-refractivity contribution in [3.8, 4) is 0 Å². The zero-order chi connectivity index (χ0) is 44.1. The highest BCUT2D eigenvalue weighted by Gasteiger charge is 2.47. The Hall–Kier alpha value is -7.44. The molecule has 0 radical (unpaired) electrons. The Morgan fingerprint density at radius 1 is 0.343 bits per heavy atom. The van der Waals surface area contributed by atoms with Gasteiger partial charge in [-0.05, 0) is 132 Å². The number of anilines is 6. The molecule has 67 heavy (non-hydrogen) atoms. The Bertz CT molecular complexity index is 3930. The number of thiophene rings is 2. The molecule has 4 heterocycles. The van der Waals surface area contributed by atoms with Crippen molar-refractivity contribution in [3.05, 3.63) is 199 Å². The lowest BCUT2D eigenvalue weighted by molar-refractivity contribution is 1.15. The Balaban J connectivity index is 1.11. The number of benzene rings is 11. The van der Waals surface area contributed by atoms with E-state index in [0.717, 1.165) is 12.8 Å². The van der Waals surface area contributed by atoms with E-state index in [1.165, 1.54) is 145 Å². The predicted molar refractivity (Wildman–Crippen MR) is 295 cm³/mol. The van der Waals surface area contributed by atoms with Gasteiger partial charge >= 0.3 is 0 Å². The molecule has 11 aromatic carbocycles. The number of aryl methyl sites for hydroxylation is 2. The molecule has 2 aromatic heterocycles. The van der Waals surface area contributed by atoms with Gasteiger partial charge in [0, 0.05) is 51.9 Å². The molecule has 0 amide bonds. The maximum atomic E-state index is 2.68. The summed E-state index contributed by atoms with van der Waals surface area (Å²) in [6.45, 7) is 4.61. The summed E-state index contributed by atoms with van der Waals surface area (Å²) in [5.74, 6) is 0. The molecule has 2 aliphatic heterocycles. The first-order valence-corrected chi connectivity index (χ1v) is 25.3. The summed E-state index contributed by atoms with van der Waals surface area (Å²) < 4.78 is 5.51. The molecule has 5 heteroatoms. The first-order chi connectivity index (χ1) is 33.2. The van der Waals surface area contributed by atoms with Gasteiger partial charge in [-0.2, -0.15) is 0 Å². The summed E-state index contributed by atoms with van der Waals surface area (Å²) in [5, 5.41) is 18.1. The third-order valence-corrected chi connectivity index (χ3v) is 17.5. The average molecular weight is 889 g/mol. The van der Waals surface area contributed by atoms with E-state index in [2.05, 4.69) is 212 Å². The van der Waals surface area contributed by atoms with Gasteiger partial charge in [0.1, 0.15) is 0 Å². The van der Waals surface area contributed by atoms with Gasteiger partial charge in [0.25, 0.3) is 6.71 Å². The monoisotopic (exact) mass is 888 g/mol. The van der Waals surface area contributed by atoms with E-state index in [4.69, 9.17) is 0 Å². The topological polar surface area (TPSA) is 6.48 Å². The van der Waals surface area contributed by atoms with Crippen molar-refractivity contribution in [1.82, 2.24) is 0 Å². The highest BCUT2D eigenvalue weighted by molar-refractivity contribution is 7.40. The van der Waals surface area contributed by atoms with Crippen LogP contribution >= 0.6 is 22.7 Å². The van der Waals surface area contributed by atoms with E-state index in [0.29, 0.717) is 0 Å². The highest BCUT2D eigenvalue weighted by Crippen LogP contribution is 2.54. The van der Waals surface area contributed by atoms with E-state index in [1.54, 1.807) is 0 Å². The molecule has 0 N–H and O–H groups in total. The Labute approximate surface area is 396 Å². The minimum Gasteiger partial charge on any atom is -0.309 e. The Morgan fingerprint density at radius 2 is 0.672 bits per heavy atom. The molecule has 2 aliphatic rings. The van der Waals surface area contributed by atoms with Crippen molar-refractivity contribution in [1.29, 1.82) is 0 Å². The minimum absolute atomic E-state index is 0.0498. The van der Waals surface area contributed by atoms with E-state index in [1.807, 2.05) is 22.7 Å². The molecule has 15 rings (SSSR count). The van der Waals surface area contributed by atoms with Crippen LogP contribution in [-0.2, 0) is 12.8 Å². The fourth-order valence-electron chi connectivity index (χ4n) is 12.2. The number of hydrogen-bond donors (Lipinski definition) is 0. The summed E-state index contributed by atoms with van der Waals surface area (Å²) >= 11 is 4.00. The molecule has 0 unspecified atom stereocenters. The fraction of sp³-hybridized carbons (Fsp3) is 0.0645. The standard InChI is InChI=1S/C62H41BN2S2/c1-3-36-30-32-54-48(34-36)59-61(66-54)63-58-52(64(59)50-26-13-24-46-42-18-7-5-16-38(42)40-20-9-11-22-44(40)56(46)50)28-15-29-53(58)65(60-49-35-37(4-2)31-33-55(49)67-62(60)63)51-27-14-25-47-43-19-8-6-17-39(43)41-21-10-12-23-45(41)57(47)51/h5-35H,3-4H2,1-2H3. The van der Waals surface area contributed by atoms with E-state index in [-0.39, 0.29) is 6.71 Å². The lowest BCUT2D eigenvalue weighted by Crippen LogP contribution is -2.59. The third kappa shape index (κ3) is 5.05. The van der Waals surface area contributed by atoms with Crippen molar-refractivity contribution >= 4 is 163 Å². The Kier molecular flexibility index (Phi) is 7.91. The Morgan fingerprint density at radius 3 is 1.06 bits per heavy atom. The van der Waals surface area contributed by atoms with Crippen LogP contribution in [0.2, 0.25) is 0 Å². The zero-order valence-corrected chi connectivity index (χ0v) is 38.7. The van der Waals surface area contributed by atoms with Gasteiger partial charge in [-0.15, -0.1) is 22.7 Å². The van der Waals surface area contributed by atoms with Crippen LogP contribution in [0.25, 0.3) is 84.8 Å². The van der Waals surface area contributed by atoms with Crippen LogP contribution in [0.4, 0.5) is 34.1 Å². The molecule has 13 aromatic rings. The van der Waals surface area contributed by atoms with Gasteiger partial charge < -0.3 is 9.80 Å². The summed E-state index contributed by atoms with van der Waals surface area (Å²) in [5.41, 5.74) is 11.7. The quantitative estimate of drug-likeness (QED) is 0.128. The third-order valence-electron chi connectivity index (χ3n) is 15.1. The maximum Gasteiger partial charge on any atom is 0.277 e. The largest absolute Gasteiger partial charge is 0.309 e. The van der Waals surface area contributed by atoms with Crippen LogP contribution < -0.4 is 24.8 Å². The van der Waals surface area contributed by atoms with Gasteiger partial charge in [-0.3, -0.25) is 0 Å². The number of fused-ring (bicyclic) bond motifs is 20. The zero-order valence-electron chi connectivity index (χ0n) is 37.1. The predicted octanol–water partition coefficient (Wildman–Crippen LogP) is 16.2. The van der Waals surface area contributed by atoms with Crippen molar-refractivity contribution in [2.75, 3.05) is 9.80 Å². The molecule has 0 aliphatic carbocycles. The lowest BCUT2D eigenvalue weighted by Gasteiger charge is -2.42. The van der Waals surface area contributed by atoms with Gasteiger partial charge in [-0.1, -0.05) is 153 Å². The molecule has 0 fully saturated rings. The molecule has 2 nitrogen and oxygen atoms in total. The molecular formula is C62H41BN2S2. The molecule has 0 saturated heterocycles. The first-order valence-electron chi connectivity index (χ1n) is 23.7. The van der Waals surface area contributed by atoms with Crippen LogP contribution in [0.3, 0.4) is 0 Å². The second-order valence-electron chi connectivity index (χ2n) is 18.4. The molecule has 0 bridgehead atoms. The van der Waals surface area contributed by atoms with E-state index < -0.39 is 0 Å². The SMILES string of the molecule is CCc1ccc2sc3c(c2c1)N(c1cccc2c4ccccc4c4ccccc4c12)c1cccc2c1B3c1sc3ccc(CC)cc3c1N2c1cccc2c3ccccc3c3ccccc3c12. The normalized spacial score (nSPS) is 13.3. The first kappa shape index (κ1) is 37.8. The number of hydrogen-bond acceptors (Lipinski definition) is 4. The average Bonchev–Trinajstić information content (AvgIpc) is 3.96. The van der Waals surface area contributed by atoms with Crippen LogP contribution in [0.15, 0.2) is 188 Å². The van der Waals surface area contributed by atoms with Crippen LogP contribution in [0, 0.1) is 0 Å². The van der Waals surface area contributed by atoms with Gasteiger partial charge in [-0.25, -0.2) is 0 Å². The summed E-state index contributed by atoms with van der Waals surface area (Å²) in [6, 6.07) is 71.7. The molecule has 0 atom stereocenters. The highest BCUT2D eigenvalue weighted by atomic mass is 32.1.